The molecule has 1 aliphatic rings. The minimum Gasteiger partial charge on any atom is -0.462 e. The zero-order valence-corrected chi connectivity index (χ0v) is 13.5. The highest BCUT2D eigenvalue weighted by Gasteiger charge is 2.32. The summed E-state index contributed by atoms with van der Waals surface area (Å²) in [6.45, 7) is 4.27. The highest BCUT2D eigenvalue weighted by Crippen LogP contribution is 2.31. The van der Waals surface area contributed by atoms with Crippen molar-refractivity contribution in [2.45, 2.75) is 39.5 Å². The lowest BCUT2D eigenvalue weighted by Crippen LogP contribution is -2.32. The molecule has 0 saturated heterocycles. The number of rotatable bonds is 7. The monoisotopic (exact) mass is 306 g/mol. The number of ether oxygens (including phenoxy) is 2. The Kier molecular flexibility index (Phi) is 8.96. The number of allylic oxidation sites excluding steroid dienone is 4. The lowest BCUT2D eigenvalue weighted by atomic mass is 9.80. The predicted octanol–water partition coefficient (Wildman–Crippen LogP) is 3.59. The summed E-state index contributed by atoms with van der Waals surface area (Å²) < 4.78 is 10.5. The molecule has 0 radical (unpaired) electrons. The van der Waals surface area contributed by atoms with Gasteiger partial charge in [-0.2, -0.15) is 0 Å². The highest BCUT2D eigenvalue weighted by molar-refractivity contribution is 5.81. The molecule has 0 heterocycles. The molecular weight excluding hydrogens is 280 g/mol. The van der Waals surface area contributed by atoms with Gasteiger partial charge >= 0.3 is 11.9 Å². The molecule has 0 spiro atoms. The number of hydrogen-bond donors (Lipinski definition) is 0. The van der Waals surface area contributed by atoms with Crippen molar-refractivity contribution < 1.29 is 19.1 Å². The van der Waals surface area contributed by atoms with Gasteiger partial charge < -0.3 is 9.47 Å². The van der Waals surface area contributed by atoms with Crippen LogP contribution in [-0.4, -0.2) is 25.2 Å². The van der Waals surface area contributed by atoms with Crippen molar-refractivity contribution in [3.05, 3.63) is 36.5 Å². The molecule has 0 aromatic heterocycles. The summed E-state index contributed by atoms with van der Waals surface area (Å²) in [7, 11) is 0. The quantitative estimate of drug-likeness (QED) is 0.410. The summed E-state index contributed by atoms with van der Waals surface area (Å²) in [5, 5.41) is 0. The van der Waals surface area contributed by atoms with Crippen LogP contribution in [0.3, 0.4) is 0 Å². The van der Waals surface area contributed by atoms with Gasteiger partial charge in [0.2, 0.25) is 0 Å². The van der Waals surface area contributed by atoms with E-state index in [0.29, 0.717) is 0 Å². The van der Waals surface area contributed by atoms with Gasteiger partial charge in [0.15, 0.2) is 0 Å². The molecule has 0 aromatic carbocycles. The first-order valence-electron chi connectivity index (χ1n) is 7.93. The molecule has 4 nitrogen and oxygen atoms in total. The average molecular weight is 306 g/mol. The minimum absolute atomic E-state index is 0.0648. The molecule has 0 amide bonds. The Bertz CT molecular complexity index is 434. The summed E-state index contributed by atoms with van der Waals surface area (Å²) in [5.41, 5.74) is 0. The molecule has 1 fully saturated rings. The first kappa shape index (κ1) is 18.2. The van der Waals surface area contributed by atoms with Gasteiger partial charge in [-0.25, -0.2) is 4.79 Å². The van der Waals surface area contributed by atoms with E-state index in [1.165, 1.54) is 6.08 Å². The van der Waals surface area contributed by atoms with Crippen LogP contribution in [0.15, 0.2) is 36.5 Å². The van der Waals surface area contributed by atoms with E-state index < -0.39 is 0 Å². The Balaban J connectivity index is 2.46. The molecular formula is C18H26O4. The van der Waals surface area contributed by atoms with Crippen LogP contribution in [-0.2, 0) is 19.1 Å². The second-order valence-electron chi connectivity index (χ2n) is 5.37. The van der Waals surface area contributed by atoms with Crippen LogP contribution >= 0.6 is 0 Å². The lowest BCUT2D eigenvalue weighted by molar-refractivity contribution is -0.154. The number of esters is 2. The normalized spacial score (nSPS) is 22.5. The highest BCUT2D eigenvalue weighted by atomic mass is 16.5. The van der Waals surface area contributed by atoms with Gasteiger partial charge in [-0.05, 0) is 32.8 Å². The van der Waals surface area contributed by atoms with Crippen LogP contribution in [0.4, 0.5) is 0 Å². The molecule has 122 valence electrons. The molecule has 22 heavy (non-hydrogen) atoms. The van der Waals surface area contributed by atoms with E-state index in [0.717, 1.165) is 25.7 Å². The third-order valence-electron chi connectivity index (χ3n) is 3.72. The van der Waals surface area contributed by atoms with Crippen molar-refractivity contribution in [3.63, 3.8) is 0 Å². The molecule has 0 bridgehead atoms. The van der Waals surface area contributed by atoms with E-state index in [9.17, 15) is 9.59 Å². The van der Waals surface area contributed by atoms with E-state index in [2.05, 4.69) is 0 Å². The Morgan fingerprint density at radius 2 is 1.82 bits per heavy atom. The first-order chi connectivity index (χ1) is 10.7. The predicted molar refractivity (Wildman–Crippen MR) is 86.1 cm³/mol. The SMILES string of the molecule is C/C=C/C=C/COC(=O)[C@H]1CCCC[C@@H]1COC(=O)/C=C/C. The zero-order chi connectivity index (χ0) is 16.2. The van der Waals surface area contributed by atoms with Gasteiger partial charge in [-0.1, -0.05) is 37.1 Å². The fraction of sp³-hybridized carbons (Fsp3) is 0.556. The van der Waals surface area contributed by atoms with E-state index in [4.69, 9.17) is 9.47 Å². The number of hydrogen-bond acceptors (Lipinski definition) is 4. The largest absolute Gasteiger partial charge is 0.462 e. The van der Waals surface area contributed by atoms with Crippen molar-refractivity contribution in [1.82, 2.24) is 0 Å². The molecule has 1 saturated carbocycles. The molecule has 0 aromatic rings. The van der Waals surface area contributed by atoms with Crippen LogP contribution in [0, 0.1) is 11.8 Å². The molecule has 4 heteroatoms. The van der Waals surface area contributed by atoms with Gasteiger partial charge in [0, 0.05) is 12.0 Å². The Labute approximate surface area is 132 Å². The van der Waals surface area contributed by atoms with E-state index >= 15 is 0 Å². The maximum absolute atomic E-state index is 12.2. The third-order valence-corrected chi connectivity index (χ3v) is 3.72. The first-order valence-corrected chi connectivity index (χ1v) is 7.93. The van der Waals surface area contributed by atoms with Crippen molar-refractivity contribution in [2.24, 2.45) is 11.8 Å². The van der Waals surface area contributed by atoms with Crippen molar-refractivity contribution in [2.75, 3.05) is 13.2 Å². The molecule has 0 unspecified atom stereocenters. The molecule has 2 atom stereocenters. The molecule has 0 N–H and O–H groups in total. The van der Waals surface area contributed by atoms with Crippen LogP contribution in [0.25, 0.3) is 0 Å². The maximum atomic E-state index is 12.2. The summed E-state index contributed by atoms with van der Waals surface area (Å²) >= 11 is 0. The van der Waals surface area contributed by atoms with E-state index in [1.807, 2.05) is 31.2 Å². The smallest absolute Gasteiger partial charge is 0.330 e. The van der Waals surface area contributed by atoms with Gasteiger partial charge in [0.05, 0.1) is 12.5 Å². The fourth-order valence-corrected chi connectivity index (χ4v) is 2.57. The van der Waals surface area contributed by atoms with Crippen LogP contribution < -0.4 is 0 Å². The Morgan fingerprint density at radius 1 is 1.05 bits per heavy atom. The van der Waals surface area contributed by atoms with E-state index in [1.54, 1.807) is 13.0 Å². The minimum atomic E-state index is -0.352. The summed E-state index contributed by atoms with van der Waals surface area (Å²) in [6, 6.07) is 0. The van der Waals surface area contributed by atoms with Gasteiger partial charge in [0.25, 0.3) is 0 Å². The van der Waals surface area contributed by atoms with Crippen LogP contribution in [0.2, 0.25) is 0 Å². The van der Waals surface area contributed by atoms with E-state index in [-0.39, 0.29) is 37.0 Å². The van der Waals surface area contributed by atoms with Gasteiger partial charge in [-0.15, -0.1) is 0 Å². The van der Waals surface area contributed by atoms with Gasteiger partial charge in [0.1, 0.15) is 6.61 Å². The maximum Gasteiger partial charge on any atom is 0.330 e. The second kappa shape index (κ2) is 10.8. The summed E-state index contributed by atoms with van der Waals surface area (Å²) in [5.74, 6) is -0.636. The van der Waals surface area contributed by atoms with Crippen molar-refractivity contribution in [1.29, 1.82) is 0 Å². The van der Waals surface area contributed by atoms with Crippen LogP contribution in [0.5, 0.6) is 0 Å². The standard InChI is InChI=1S/C18H26O4/c1-3-5-6-9-13-21-18(20)16-12-8-7-11-15(16)14-22-17(19)10-4-2/h3-6,9-10,15-16H,7-8,11-14H2,1-2H3/b5-3+,9-6+,10-4+/t15-,16+/m1/s1. The summed E-state index contributed by atoms with van der Waals surface area (Å²) in [4.78, 5) is 23.6. The average Bonchev–Trinajstić information content (AvgIpc) is 2.53. The third kappa shape index (κ3) is 6.74. The second-order valence-corrected chi connectivity index (χ2v) is 5.37. The summed E-state index contributed by atoms with van der Waals surface area (Å²) in [6.07, 6.45) is 14.3. The number of carbonyl (C=O) groups excluding carboxylic acids is 2. The zero-order valence-electron chi connectivity index (χ0n) is 13.5. The molecule has 0 aliphatic heterocycles. The Morgan fingerprint density at radius 3 is 2.55 bits per heavy atom. The van der Waals surface area contributed by atoms with Crippen molar-refractivity contribution >= 4 is 11.9 Å². The lowest BCUT2D eigenvalue weighted by Gasteiger charge is -2.29. The number of carbonyl (C=O) groups is 2. The van der Waals surface area contributed by atoms with Crippen molar-refractivity contribution in [3.8, 4) is 0 Å². The fourth-order valence-electron chi connectivity index (χ4n) is 2.57. The Hall–Kier alpha value is -1.84. The van der Waals surface area contributed by atoms with Gasteiger partial charge in [-0.3, -0.25) is 4.79 Å². The topological polar surface area (TPSA) is 52.6 Å². The molecule has 1 rings (SSSR count). The van der Waals surface area contributed by atoms with Crippen LogP contribution in [0.1, 0.15) is 39.5 Å². The molecule has 1 aliphatic carbocycles.